The largest absolute Gasteiger partial charge is 0.456 e. The lowest BCUT2D eigenvalue weighted by Crippen LogP contribution is -1.94. The summed E-state index contributed by atoms with van der Waals surface area (Å²) in [5.41, 5.74) is 9.58. The van der Waals surface area contributed by atoms with Crippen LogP contribution in [0.5, 0.6) is 0 Å². The van der Waals surface area contributed by atoms with E-state index < -0.39 is 0 Å². The van der Waals surface area contributed by atoms with Gasteiger partial charge in [-0.05, 0) is 59.7 Å². The molecule has 0 unspecified atom stereocenters. The van der Waals surface area contributed by atoms with Gasteiger partial charge in [-0.3, -0.25) is 4.98 Å². The van der Waals surface area contributed by atoms with Gasteiger partial charge in [-0.25, -0.2) is 0 Å². The van der Waals surface area contributed by atoms with E-state index in [-0.39, 0.29) is 0 Å². The molecule has 8 rings (SSSR count). The van der Waals surface area contributed by atoms with E-state index in [2.05, 4.69) is 113 Å². The lowest BCUT2D eigenvalue weighted by atomic mass is 10.0. The first-order valence-corrected chi connectivity index (χ1v) is 12.8. The number of fused-ring (bicyclic) bond motifs is 6. The Balaban J connectivity index is 1.38. The maximum absolute atomic E-state index is 6.48. The van der Waals surface area contributed by atoms with Crippen molar-refractivity contribution in [1.29, 1.82) is 0 Å². The van der Waals surface area contributed by atoms with E-state index >= 15 is 0 Å². The molecule has 3 heterocycles. The second-order valence-electron chi connectivity index (χ2n) is 9.66. The van der Waals surface area contributed by atoms with Gasteiger partial charge in [-0.2, -0.15) is 0 Å². The third kappa shape index (κ3) is 3.19. The number of nitrogens with zero attached hydrogens (tertiary/aromatic N) is 2. The zero-order valence-corrected chi connectivity index (χ0v) is 20.5. The normalized spacial score (nSPS) is 11.7. The highest BCUT2D eigenvalue weighted by Crippen LogP contribution is 2.39. The molecule has 0 fully saturated rings. The Morgan fingerprint density at radius 1 is 0.474 bits per heavy atom. The smallest absolute Gasteiger partial charge is 0.137 e. The standard InChI is InChI=1S/C35H22N2O/c1-2-9-23(10-3-1)24-16-17-28-30-21-29-27-13-4-5-15-32(27)37(33(29)22-35(30)38-34(28)20-24)26-12-8-11-25(19-26)31-14-6-7-18-36-31/h1-22H. The van der Waals surface area contributed by atoms with Crippen LogP contribution in [0.4, 0.5) is 0 Å². The van der Waals surface area contributed by atoms with Gasteiger partial charge in [0.1, 0.15) is 11.2 Å². The molecule has 5 aromatic carbocycles. The zero-order chi connectivity index (χ0) is 25.1. The molecule has 0 amide bonds. The monoisotopic (exact) mass is 486 g/mol. The molecular formula is C35H22N2O. The fraction of sp³-hybridized carbons (Fsp3) is 0. The molecule has 0 atom stereocenters. The van der Waals surface area contributed by atoms with Crippen molar-refractivity contribution in [2.45, 2.75) is 0 Å². The van der Waals surface area contributed by atoms with Crippen LogP contribution < -0.4 is 0 Å². The zero-order valence-electron chi connectivity index (χ0n) is 20.5. The molecule has 0 saturated carbocycles. The maximum Gasteiger partial charge on any atom is 0.137 e. The molecule has 0 N–H and O–H groups in total. The minimum Gasteiger partial charge on any atom is -0.456 e. The van der Waals surface area contributed by atoms with Crippen LogP contribution in [0.25, 0.3) is 71.8 Å². The van der Waals surface area contributed by atoms with Crippen LogP contribution in [0, 0.1) is 0 Å². The molecule has 0 spiro atoms. The van der Waals surface area contributed by atoms with Crippen molar-refractivity contribution in [3.8, 4) is 28.1 Å². The lowest BCUT2D eigenvalue weighted by Gasteiger charge is -2.10. The minimum atomic E-state index is 0.891. The number of para-hydroxylation sites is 1. The Labute approximate surface area is 219 Å². The third-order valence-electron chi connectivity index (χ3n) is 7.44. The van der Waals surface area contributed by atoms with Crippen LogP contribution in [-0.4, -0.2) is 9.55 Å². The van der Waals surface area contributed by atoms with Gasteiger partial charge in [0.05, 0.1) is 16.7 Å². The van der Waals surface area contributed by atoms with Crippen LogP contribution >= 0.6 is 0 Å². The molecule has 178 valence electrons. The second kappa shape index (κ2) is 8.19. The van der Waals surface area contributed by atoms with Crippen molar-refractivity contribution < 1.29 is 4.42 Å². The number of hydrogen-bond donors (Lipinski definition) is 0. The molecule has 0 radical (unpaired) electrons. The van der Waals surface area contributed by atoms with Crippen molar-refractivity contribution >= 4 is 43.7 Å². The lowest BCUT2D eigenvalue weighted by molar-refractivity contribution is 0.669. The topological polar surface area (TPSA) is 31.0 Å². The van der Waals surface area contributed by atoms with E-state index in [1.807, 2.05) is 30.5 Å². The molecular weight excluding hydrogens is 464 g/mol. The minimum absolute atomic E-state index is 0.891. The summed E-state index contributed by atoms with van der Waals surface area (Å²) in [6.07, 6.45) is 1.84. The molecule has 8 aromatic rings. The Morgan fingerprint density at radius 2 is 1.29 bits per heavy atom. The fourth-order valence-electron chi connectivity index (χ4n) is 5.66. The number of hydrogen-bond acceptors (Lipinski definition) is 2. The molecule has 0 saturated heterocycles. The highest BCUT2D eigenvalue weighted by Gasteiger charge is 2.17. The first kappa shape index (κ1) is 21.0. The Hall–Kier alpha value is -5.15. The van der Waals surface area contributed by atoms with E-state index in [1.54, 1.807) is 0 Å². The Morgan fingerprint density at radius 3 is 2.18 bits per heavy atom. The van der Waals surface area contributed by atoms with E-state index in [4.69, 9.17) is 4.42 Å². The van der Waals surface area contributed by atoms with Crippen molar-refractivity contribution in [3.63, 3.8) is 0 Å². The SMILES string of the molecule is c1ccc(-c2ccc3c(c2)oc2cc4c(cc23)c2ccccc2n4-c2cccc(-c3ccccn3)c2)cc1. The molecule has 3 aromatic heterocycles. The van der Waals surface area contributed by atoms with Gasteiger partial charge < -0.3 is 8.98 Å². The second-order valence-corrected chi connectivity index (χ2v) is 9.66. The van der Waals surface area contributed by atoms with Gasteiger partial charge in [0.2, 0.25) is 0 Å². The van der Waals surface area contributed by atoms with Crippen LogP contribution in [0.3, 0.4) is 0 Å². The number of rotatable bonds is 3. The van der Waals surface area contributed by atoms with Crippen molar-refractivity contribution in [2.24, 2.45) is 0 Å². The average Bonchev–Trinajstić information content (AvgIpc) is 3.51. The molecule has 0 aliphatic carbocycles. The molecule has 0 aliphatic heterocycles. The fourth-order valence-corrected chi connectivity index (χ4v) is 5.66. The van der Waals surface area contributed by atoms with Gasteiger partial charge in [-0.15, -0.1) is 0 Å². The molecule has 0 bridgehead atoms. The predicted octanol–water partition coefficient (Wildman–Crippen LogP) is 9.41. The van der Waals surface area contributed by atoms with Gasteiger partial charge in [0.15, 0.2) is 0 Å². The quantitative estimate of drug-likeness (QED) is 0.249. The summed E-state index contributed by atoms with van der Waals surface area (Å²) < 4.78 is 8.81. The Kier molecular flexibility index (Phi) is 4.52. The maximum atomic E-state index is 6.48. The number of pyridine rings is 1. The van der Waals surface area contributed by atoms with Gasteiger partial charge in [0.25, 0.3) is 0 Å². The van der Waals surface area contributed by atoms with Crippen molar-refractivity contribution in [1.82, 2.24) is 9.55 Å². The van der Waals surface area contributed by atoms with E-state index in [1.165, 1.54) is 21.9 Å². The van der Waals surface area contributed by atoms with Gasteiger partial charge in [-0.1, -0.05) is 72.8 Å². The Bertz CT molecular complexity index is 2120. The van der Waals surface area contributed by atoms with Crippen molar-refractivity contribution in [2.75, 3.05) is 0 Å². The summed E-state index contributed by atoms with van der Waals surface area (Å²) in [7, 11) is 0. The van der Waals surface area contributed by atoms with E-state index in [0.29, 0.717) is 0 Å². The summed E-state index contributed by atoms with van der Waals surface area (Å²) in [6.45, 7) is 0. The molecule has 3 heteroatoms. The average molecular weight is 487 g/mol. The summed E-state index contributed by atoms with van der Waals surface area (Å²) in [5, 5.41) is 4.71. The molecule has 0 aliphatic rings. The van der Waals surface area contributed by atoms with E-state index in [0.717, 1.165) is 50.0 Å². The number of furan rings is 1. The van der Waals surface area contributed by atoms with Crippen molar-refractivity contribution in [3.05, 3.63) is 134 Å². The van der Waals surface area contributed by atoms with Crippen LogP contribution in [0.15, 0.2) is 138 Å². The summed E-state index contributed by atoms with van der Waals surface area (Å²) in [4.78, 5) is 4.57. The highest BCUT2D eigenvalue weighted by atomic mass is 16.3. The van der Waals surface area contributed by atoms with Crippen LogP contribution in [0.1, 0.15) is 0 Å². The first-order valence-electron chi connectivity index (χ1n) is 12.8. The number of aromatic nitrogens is 2. The van der Waals surface area contributed by atoms with Crippen LogP contribution in [-0.2, 0) is 0 Å². The summed E-state index contributed by atoms with van der Waals surface area (Å²) in [6, 6.07) is 44.7. The van der Waals surface area contributed by atoms with Gasteiger partial charge >= 0.3 is 0 Å². The predicted molar refractivity (Wildman–Crippen MR) is 157 cm³/mol. The van der Waals surface area contributed by atoms with E-state index in [9.17, 15) is 0 Å². The van der Waals surface area contributed by atoms with Gasteiger partial charge in [0, 0.05) is 45.1 Å². The third-order valence-corrected chi connectivity index (χ3v) is 7.44. The molecule has 38 heavy (non-hydrogen) atoms. The first-order chi connectivity index (χ1) is 18.8. The summed E-state index contributed by atoms with van der Waals surface area (Å²) in [5.74, 6) is 0. The number of benzene rings is 5. The summed E-state index contributed by atoms with van der Waals surface area (Å²) >= 11 is 0. The molecule has 3 nitrogen and oxygen atoms in total. The van der Waals surface area contributed by atoms with Crippen LogP contribution in [0.2, 0.25) is 0 Å². The highest BCUT2D eigenvalue weighted by molar-refractivity contribution is 6.17.